The Balaban J connectivity index is 1.74. The fraction of sp³-hybridized carbons (Fsp3) is 0.250. The Kier molecular flexibility index (Phi) is 5.76. The predicted octanol–water partition coefficient (Wildman–Crippen LogP) is 2.89. The molecule has 2 heterocycles. The summed E-state index contributed by atoms with van der Waals surface area (Å²) in [4.78, 5) is 18.8. The number of nitrogens with one attached hydrogen (secondary N) is 2. The van der Waals surface area contributed by atoms with Crippen molar-refractivity contribution in [3.8, 4) is 11.3 Å². The second-order valence-electron chi connectivity index (χ2n) is 6.43. The molecule has 0 aliphatic carbocycles. The highest BCUT2D eigenvalue weighted by molar-refractivity contribution is 5.93. The van der Waals surface area contributed by atoms with E-state index in [2.05, 4.69) is 25.4 Å². The zero-order chi connectivity index (χ0) is 18.4. The molecule has 0 radical (unpaired) electrons. The van der Waals surface area contributed by atoms with Crippen LogP contribution in [-0.2, 0) is 0 Å². The van der Waals surface area contributed by atoms with Gasteiger partial charge >= 0.3 is 0 Å². The highest BCUT2D eigenvalue weighted by Crippen LogP contribution is 2.19. The second-order valence-corrected chi connectivity index (χ2v) is 6.43. The lowest BCUT2D eigenvalue weighted by atomic mass is 10.0. The first-order valence-electron chi connectivity index (χ1n) is 8.60. The van der Waals surface area contributed by atoms with Gasteiger partial charge in [-0.15, -0.1) is 0 Å². The normalized spacial score (nSPS) is 12.1. The van der Waals surface area contributed by atoms with Crippen molar-refractivity contribution >= 4 is 5.91 Å². The van der Waals surface area contributed by atoms with Gasteiger partial charge in [0.15, 0.2) is 0 Å². The summed E-state index contributed by atoms with van der Waals surface area (Å²) in [5.41, 5.74) is 3.18. The van der Waals surface area contributed by atoms with Crippen molar-refractivity contribution in [1.29, 1.82) is 0 Å². The lowest BCUT2D eigenvalue weighted by Gasteiger charge is -2.21. The standard InChI is InChI=1S/C20H23N5O/c1-25(2)13-10-17(15-6-4-3-5-7-15)22-20(26)19-14-18(23-24-19)16-8-11-21-12-9-16/h3-9,11-12,14,17H,10,13H2,1-2H3,(H,22,26)(H,23,24)/t17-/m1/s1. The minimum absolute atomic E-state index is 0.0567. The molecule has 2 aromatic heterocycles. The number of hydrogen-bond acceptors (Lipinski definition) is 4. The maximum absolute atomic E-state index is 12.7. The van der Waals surface area contributed by atoms with Crippen LogP contribution in [0.15, 0.2) is 60.9 Å². The smallest absolute Gasteiger partial charge is 0.269 e. The molecule has 6 nitrogen and oxygen atoms in total. The van der Waals surface area contributed by atoms with E-state index in [1.807, 2.05) is 56.6 Å². The Labute approximate surface area is 153 Å². The second kappa shape index (κ2) is 8.40. The van der Waals surface area contributed by atoms with E-state index in [-0.39, 0.29) is 11.9 Å². The molecule has 0 saturated carbocycles. The molecule has 0 aliphatic heterocycles. The molecule has 1 amide bonds. The molecule has 0 saturated heterocycles. The topological polar surface area (TPSA) is 73.9 Å². The SMILES string of the molecule is CN(C)CC[C@@H](NC(=O)c1cc(-c2ccncc2)n[nH]1)c1ccccc1. The Morgan fingerprint density at radius 3 is 2.58 bits per heavy atom. The summed E-state index contributed by atoms with van der Waals surface area (Å²) in [7, 11) is 4.06. The van der Waals surface area contributed by atoms with E-state index in [0.29, 0.717) is 5.69 Å². The molecular weight excluding hydrogens is 326 g/mol. The van der Waals surface area contributed by atoms with Gasteiger partial charge in [0.1, 0.15) is 5.69 Å². The number of carbonyl (C=O) groups excluding carboxylic acids is 1. The molecular formula is C20H23N5O. The maximum Gasteiger partial charge on any atom is 0.269 e. The lowest BCUT2D eigenvalue weighted by Crippen LogP contribution is -2.31. The van der Waals surface area contributed by atoms with Crippen LogP contribution in [0.5, 0.6) is 0 Å². The highest BCUT2D eigenvalue weighted by atomic mass is 16.2. The lowest BCUT2D eigenvalue weighted by molar-refractivity contribution is 0.0927. The summed E-state index contributed by atoms with van der Waals surface area (Å²) < 4.78 is 0. The van der Waals surface area contributed by atoms with Crippen molar-refractivity contribution in [3.05, 3.63) is 72.2 Å². The molecule has 1 aromatic carbocycles. The monoisotopic (exact) mass is 349 g/mol. The van der Waals surface area contributed by atoms with Crippen molar-refractivity contribution in [1.82, 2.24) is 25.4 Å². The van der Waals surface area contributed by atoms with Crippen LogP contribution in [0.1, 0.15) is 28.5 Å². The van der Waals surface area contributed by atoms with Crippen molar-refractivity contribution in [2.75, 3.05) is 20.6 Å². The summed E-state index contributed by atoms with van der Waals surface area (Å²) in [5, 5.41) is 10.2. The van der Waals surface area contributed by atoms with Gasteiger partial charge in [-0.2, -0.15) is 5.10 Å². The number of pyridine rings is 1. The first kappa shape index (κ1) is 17.8. The molecule has 26 heavy (non-hydrogen) atoms. The molecule has 0 aliphatic rings. The van der Waals surface area contributed by atoms with Crippen molar-refractivity contribution in [2.45, 2.75) is 12.5 Å². The van der Waals surface area contributed by atoms with Gasteiger partial charge in [0, 0.05) is 18.0 Å². The molecule has 0 spiro atoms. The van der Waals surface area contributed by atoms with Crippen LogP contribution in [0, 0.1) is 0 Å². The van der Waals surface area contributed by atoms with Crippen LogP contribution in [-0.4, -0.2) is 46.6 Å². The zero-order valence-electron chi connectivity index (χ0n) is 15.0. The van der Waals surface area contributed by atoms with Crippen LogP contribution in [0.25, 0.3) is 11.3 Å². The van der Waals surface area contributed by atoms with E-state index < -0.39 is 0 Å². The molecule has 0 fully saturated rings. The zero-order valence-corrected chi connectivity index (χ0v) is 15.0. The minimum atomic E-state index is -0.162. The number of carbonyl (C=O) groups is 1. The van der Waals surface area contributed by atoms with Gasteiger partial charge in [-0.25, -0.2) is 0 Å². The molecule has 0 bridgehead atoms. The van der Waals surface area contributed by atoms with Crippen LogP contribution in [0.3, 0.4) is 0 Å². The fourth-order valence-electron chi connectivity index (χ4n) is 2.74. The molecule has 2 N–H and O–H groups in total. The first-order valence-corrected chi connectivity index (χ1v) is 8.60. The summed E-state index contributed by atoms with van der Waals surface area (Å²) >= 11 is 0. The summed E-state index contributed by atoms with van der Waals surface area (Å²) in [6.45, 7) is 0.880. The Bertz CT molecular complexity index is 830. The summed E-state index contributed by atoms with van der Waals surface area (Å²) in [5.74, 6) is -0.162. The predicted molar refractivity (Wildman–Crippen MR) is 102 cm³/mol. The van der Waals surface area contributed by atoms with Gasteiger partial charge in [0.2, 0.25) is 0 Å². The number of nitrogens with zero attached hydrogens (tertiary/aromatic N) is 3. The van der Waals surface area contributed by atoms with Crippen LogP contribution in [0.2, 0.25) is 0 Å². The molecule has 6 heteroatoms. The molecule has 3 aromatic rings. The summed E-state index contributed by atoms with van der Waals surface area (Å²) in [6, 6.07) is 15.5. The Morgan fingerprint density at radius 1 is 1.15 bits per heavy atom. The largest absolute Gasteiger partial charge is 0.344 e. The van der Waals surface area contributed by atoms with Gasteiger partial charge in [0.05, 0.1) is 11.7 Å². The van der Waals surface area contributed by atoms with Gasteiger partial charge in [-0.1, -0.05) is 30.3 Å². The number of rotatable bonds is 7. The number of amides is 1. The minimum Gasteiger partial charge on any atom is -0.344 e. The maximum atomic E-state index is 12.7. The Morgan fingerprint density at radius 2 is 1.88 bits per heavy atom. The van der Waals surface area contributed by atoms with Crippen LogP contribution >= 0.6 is 0 Å². The third kappa shape index (κ3) is 4.55. The molecule has 134 valence electrons. The third-order valence-electron chi connectivity index (χ3n) is 4.17. The van der Waals surface area contributed by atoms with E-state index in [9.17, 15) is 4.79 Å². The van der Waals surface area contributed by atoms with Crippen LogP contribution in [0.4, 0.5) is 0 Å². The van der Waals surface area contributed by atoms with Gasteiger partial charge in [-0.05, 0) is 50.8 Å². The number of aromatic nitrogens is 3. The fourth-order valence-corrected chi connectivity index (χ4v) is 2.74. The van der Waals surface area contributed by atoms with E-state index in [1.165, 1.54) is 0 Å². The average Bonchev–Trinajstić information content (AvgIpc) is 3.16. The molecule has 0 unspecified atom stereocenters. The molecule has 1 atom stereocenters. The number of benzene rings is 1. The number of H-pyrrole nitrogens is 1. The number of aromatic amines is 1. The van der Waals surface area contributed by atoms with Crippen molar-refractivity contribution in [2.24, 2.45) is 0 Å². The van der Waals surface area contributed by atoms with E-state index in [1.54, 1.807) is 18.5 Å². The van der Waals surface area contributed by atoms with Crippen molar-refractivity contribution in [3.63, 3.8) is 0 Å². The van der Waals surface area contributed by atoms with Gasteiger partial charge in [-0.3, -0.25) is 14.9 Å². The van der Waals surface area contributed by atoms with Gasteiger partial charge in [0.25, 0.3) is 5.91 Å². The average molecular weight is 349 g/mol. The first-order chi connectivity index (χ1) is 12.6. The van der Waals surface area contributed by atoms with Gasteiger partial charge < -0.3 is 10.2 Å². The van der Waals surface area contributed by atoms with Crippen molar-refractivity contribution < 1.29 is 4.79 Å². The van der Waals surface area contributed by atoms with Crippen LogP contribution < -0.4 is 5.32 Å². The highest BCUT2D eigenvalue weighted by Gasteiger charge is 2.18. The molecule has 3 rings (SSSR count). The summed E-state index contributed by atoms with van der Waals surface area (Å²) in [6.07, 6.45) is 4.24. The van der Waals surface area contributed by atoms with E-state index in [0.717, 1.165) is 29.8 Å². The van der Waals surface area contributed by atoms with E-state index >= 15 is 0 Å². The van der Waals surface area contributed by atoms with E-state index in [4.69, 9.17) is 0 Å². The quantitative estimate of drug-likeness (QED) is 0.688. The Hall–Kier alpha value is -2.99. The third-order valence-corrected chi connectivity index (χ3v) is 4.17. The number of hydrogen-bond donors (Lipinski definition) is 2.